The van der Waals surface area contributed by atoms with Crippen molar-refractivity contribution in [3.05, 3.63) is 46.2 Å². The van der Waals surface area contributed by atoms with E-state index in [-0.39, 0.29) is 0 Å². The average molecular weight is 293 g/mol. The molecule has 106 valence electrons. The van der Waals surface area contributed by atoms with Gasteiger partial charge >= 0.3 is 0 Å². The molecule has 0 saturated carbocycles. The van der Waals surface area contributed by atoms with Gasteiger partial charge in [-0.15, -0.1) is 0 Å². The highest BCUT2D eigenvalue weighted by Crippen LogP contribution is 2.21. The van der Waals surface area contributed by atoms with Gasteiger partial charge in [0.2, 0.25) is 5.91 Å². The highest BCUT2D eigenvalue weighted by atomic mass is 35.5. The molecule has 2 aromatic rings. The maximum atomic E-state index is 11.2. The number of nitrogens with one attached hydrogen (secondary N) is 1. The van der Waals surface area contributed by atoms with Crippen LogP contribution in [0.15, 0.2) is 24.4 Å². The van der Waals surface area contributed by atoms with Gasteiger partial charge in [-0.25, -0.2) is 0 Å². The Morgan fingerprint density at radius 1 is 1.50 bits per heavy atom. The molecule has 1 aromatic carbocycles. The highest BCUT2D eigenvalue weighted by Gasteiger charge is 2.09. The van der Waals surface area contributed by atoms with Crippen molar-refractivity contribution in [2.24, 2.45) is 12.8 Å². The van der Waals surface area contributed by atoms with E-state index in [0.29, 0.717) is 17.1 Å². The second-order valence-electron chi connectivity index (χ2n) is 4.54. The van der Waals surface area contributed by atoms with Crippen LogP contribution in [-0.2, 0) is 20.0 Å². The minimum atomic E-state index is -0.533. The van der Waals surface area contributed by atoms with Crippen molar-refractivity contribution in [2.75, 3.05) is 5.32 Å². The van der Waals surface area contributed by atoms with E-state index < -0.39 is 5.91 Å². The van der Waals surface area contributed by atoms with Crippen molar-refractivity contribution in [3.63, 3.8) is 0 Å². The number of aromatic nitrogens is 2. The van der Waals surface area contributed by atoms with E-state index >= 15 is 0 Å². The third-order valence-electron chi connectivity index (χ3n) is 3.04. The SMILES string of the molecule is CCc1nn(C)cc1CNc1ccc(Cl)c(C(N)=O)c1. The summed E-state index contributed by atoms with van der Waals surface area (Å²) in [5.41, 5.74) is 8.58. The number of amides is 1. The third-order valence-corrected chi connectivity index (χ3v) is 3.37. The monoisotopic (exact) mass is 292 g/mol. The lowest BCUT2D eigenvalue weighted by atomic mass is 10.1. The molecular weight excluding hydrogens is 276 g/mol. The second kappa shape index (κ2) is 5.96. The smallest absolute Gasteiger partial charge is 0.250 e. The molecule has 0 atom stereocenters. The number of hydrogen-bond donors (Lipinski definition) is 2. The van der Waals surface area contributed by atoms with Gasteiger partial charge in [0, 0.05) is 31.0 Å². The van der Waals surface area contributed by atoms with Crippen LogP contribution in [0.2, 0.25) is 5.02 Å². The molecule has 5 nitrogen and oxygen atoms in total. The van der Waals surface area contributed by atoms with Gasteiger partial charge in [-0.3, -0.25) is 9.48 Å². The summed E-state index contributed by atoms with van der Waals surface area (Å²) in [6.45, 7) is 2.70. The number of hydrogen-bond acceptors (Lipinski definition) is 3. The molecule has 1 heterocycles. The second-order valence-corrected chi connectivity index (χ2v) is 4.95. The summed E-state index contributed by atoms with van der Waals surface area (Å²) >= 11 is 5.92. The predicted octanol–water partition coefficient (Wildman–Crippen LogP) is 2.35. The van der Waals surface area contributed by atoms with E-state index in [2.05, 4.69) is 17.3 Å². The number of benzene rings is 1. The molecule has 1 aromatic heterocycles. The number of anilines is 1. The van der Waals surface area contributed by atoms with E-state index in [9.17, 15) is 4.79 Å². The molecule has 0 spiro atoms. The summed E-state index contributed by atoms with van der Waals surface area (Å²) in [5.74, 6) is -0.533. The lowest BCUT2D eigenvalue weighted by molar-refractivity contribution is 0.100. The first-order valence-electron chi connectivity index (χ1n) is 6.36. The first kappa shape index (κ1) is 14.4. The standard InChI is InChI=1S/C14H17ClN4O/c1-3-13-9(8-19(2)18-13)7-17-10-4-5-12(15)11(6-10)14(16)20/h4-6,8,17H,3,7H2,1-2H3,(H2,16,20). The van der Waals surface area contributed by atoms with Gasteiger partial charge in [0.05, 0.1) is 16.3 Å². The average Bonchev–Trinajstić information content (AvgIpc) is 2.77. The maximum Gasteiger partial charge on any atom is 0.250 e. The summed E-state index contributed by atoms with van der Waals surface area (Å²) in [4.78, 5) is 11.2. The topological polar surface area (TPSA) is 72.9 Å². The number of rotatable bonds is 5. The van der Waals surface area contributed by atoms with Crippen LogP contribution >= 0.6 is 11.6 Å². The van der Waals surface area contributed by atoms with Crippen LogP contribution < -0.4 is 11.1 Å². The molecule has 6 heteroatoms. The van der Waals surface area contributed by atoms with Gasteiger partial charge in [-0.2, -0.15) is 5.10 Å². The number of carbonyl (C=O) groups excluding carboxylic acids is 1. The van der Waals surface area contributed by atoms with Gasteiger partial charge in [0.25, 0.3) is 0 Å². The fourth-order valence-corrected chi connectivity index (χ4v) is 2.26. The van der Waals surface area contributed by atoms with Crippen molar-refractivity contribution in [3.8, 4) is 0 Å². The van der Waals surface area contributed by atoms with Crippen LogP contribution in [-0.4, -0.2) is 15.7 Å². The van der Waals surface area contributed by atoms with Gasteiger partial charge in [0.15, 0.2) is 0 Å². The number of halogens is 1. The minimum absolute atomic E-state index is 0.318. The van der Waals surface area contributed by atoms with Crippen LogP contribution in [0.1, 0.15) is 28.5 Å². The van der Waals surface area contributed by atoms with Gasteiger partial charge < -0.3 is 11.1 Å². The largest absolute Gasteiger partial charge is 0.381 e. The number of nitrogens with zero attached hydrogens (tertiary/aromatic N) is 2. The normalized spacial score (nSPS) is 10.6. The van der Waals surface area contributed by atoms with E-state index in [1.54, 1.807) is 16.8 Å². The van der Waals surface area contributed by atoms with Gasteiger partial charge in [-0.1, -0.05) is 18.5 Å². The maximum absolute atomic E-state index is 11.2. The number of aryl methyl sites for hydroxylation is 2. The molecule has 0 bridgehead atoms. The Morgan fingerprint density at radius 3 is 2.90 bits per heavy atom. The Morgan fingerprint density at radius 2 is 2.25 bits per heavy atom. The Kier molecular flexibility index (Phi) is 4.29. The zero-order valence-electron chi connectivity index (χ0n) is 11.5. The Balaban J connectivity index is 2.14. The van der Waals surface area contributed by atoms with Crippen LogP contribution in [0, 0.1) is 0 Å². The Bertz CT molecular complexity index is 636. The molecule has 2 rings (SSSR count). The summed E-state index contributed by atoms with van der Waals surface area (Å²) < 4.78 is 1.80. The number of carbonyl (C=O) groups is 1. The molecule has 0 unspecified atom stereocenters. The zero-order chi connectivity index (χ0) is 14.7. The van der Waals surface area contributed by atoms with Gasteiger partial charge in [-0.05, 0) is 24.6 Å². The van der Waals surface area contributed by atoms with E-state index in [1.165, 1.54) is 0 Å². The summed E-state index contributed by atoms with van der Waals surface area (Å²) in [6.07, 6.45) is 2.86. The number of primary amides is 1. The van der Waals surface area contributed by atoms with E-state index in [4.69, 9.17) is 17.3 Å². The highest BCUT2D eigenvalue weighted by molar-refractivity contribution is 6.33. The van der Waals surface area contributed by atoms with Crippen molar-refractivity contribution in [1.29, 1.82) is 0 Å². The van der Waals surface area contributed by atoms with Crippen LogP contribution in [0.5, 0.6) is 0 Å². The quantitative estimate of drug-likeness (QED) is 0.888. The van der Waals surface area contributed by atoms with Crippen LogP contribution in [0.4, 0.5) is 5.69 Å². The molecule has 0 fully saturated rings. The van der Waals surface area contributed by atoms with Crippen LogP contribution in [0.3, 0.4) is 0 Å². The van der Waals surface area contributed by atoms with Gasteiger partial charge in [0.1, 0.15) is 0 Å². The molecule has 0 aliphatic rings. The third kappa shape index (κ3) is 3.11. The fourth-order valence-electron chi connectivity index (χ4n) is 2.05. The molecule has 0 aliphatic heterocycles. The molecule has 1 amide bonds. The lowest BCUT2D eigenvalue weighted by Gasteiger charge is -2.08. The van der Waals surface area contributed by atoms with Crippen molar-refractivity contribution >= 4 is 23.2 Å². The summed E-state index contributed by atoms with van der Waals surface area (Å²) in [5, 5.41) is 7.99. The predicted molar refractivity (Wildman–Crippen MR) is 79.9 cm³/mol. The first-order chi connectivity index (χ1) is 9.51. The molecule has 3 N–H and O–H groups in total. The minimum Gasteiger partial charge on any atom is -0.381 e. The van der Waals surface area contributed by atoms with Crippen molar-refractivity contribution in [2.45, 2.75) is 19.9 Å². The summed E-state index contributed by atoms with van der Waals surface area (Å²) in [6, 6.07) is 5.14. The Labute approximate surface area is 122 Å². The molecule has 0 radical (unpaired) electrons. The van der Waals surface area contributed by atoms with Crippen LogP contribution in [0.25, 0.3) is 0 Å². The fraction of sp³-hybridized carbons (Fsp3) is 0.286. The zero-order valence-corrected chi connectivity index (χ0v) is 12.2. The molecular formula is C14H17ClN4O. The number of nitrogens with two attached hydrogens (primary N) is 1. The van der Waals surface area contributed by atoms with E-state index in [1.807, 2.05) is 19.3 Å². The molecule has 0 aliphatic carbocycles. The first-order valence-corrected chi connectivity index (χ1v) is 6.73. The van der Waals surface area contributed by atoms with Crippen molar-refractivity contribution < 1.29 is 4.79 Å². The molecule has 20 heavy (non-hydrogen) atoms. The lowest BCUT2D eigenvalue weighted by Crippen LogP contribution is -2.12. The van der Waals surface area contributed by atoms with Crippen molar-refractivity contribution in [1.82, 2.24) is 9.78 Å². The summed E-state index contributed by atoms with van der Waals surface area (Å²) in [7, 11) is 1.90. The van der Waals surface area contributed by atoms with E-state index in [0.717, 1.165) is 23.4 Å². The Hall–Kier alpha value is -2.01. The molecule has 0 saturated heterocycles.